The van der Waals surface area contributed by atoms with E-state index in [2.05, 4.69) is 10.6 Å². The number of anilines is 2. The molecule has 0 atom stereocenters. The van der Waals surface area contributed by atoms with Crippen molar-refractivity contribution in [2.75, 3.05) is 10.6 Å². The maximum absolute atomic E-state index is 12.4. The lowest BCUT2D eigenvalue weighted by Crippen LogP contribution is -2.19. The number of para-hydroxylation sites is 1. The number of nitrogens with one attached hydrogen (secondary N) is 2. The Balaban J connectivity index is 1.66. The Labute approximate surface area is 150 Å². The zero-order chi connectivity index (χ0) is 18.4. The lowest BCUT2D eigenvalue weighted by atomic mass is 10.2. The standard InChI is InChI=1S/C20H17N3O3/c21-20(25)23-16-6-4-5-15(13-16)22-19(24)14-9-11-18(12-10-14)26-17-7-2-1-3-8-17/h1-13H,(H,22,24)(H3,21,23,25). The Kier molecular flexibility index (Phi) is 5.14. The smallest absolute Gasteiger partial charge is 0.316 e. The first-order chi connectivity index (χ1) is 12.6. The van der Waals surface area contributed by atoms with Crippen molar-refractivity contribution >= 4 is 23.3 Å². The molecule has 3 aromatic carbocycles. The van der Waals surface area contributed by atoms with Crippen LogP contribution in [0, 0.1) is 0 Å². The van der Waals surface area contributed by atoms with Gasteiger partial charge in [-0.25, -0.2) is 4.79 Å². The largest absolute Gasteiger partial charge is 0.457 e. The molecule has 0 saturated heterocycles. The topological polar surface area (TPSA) is 93.5 Å². The maximum Gasteiger partial charge on any atom is 0.316 e. The van der Waals surface area contributed by atoms with Crippen LogP contribution in [0.2, 0.25) is 0 Å². The summed E-state index contributed by atoms with van der Waals surface area (Å²) < 4.78 is 5.70. The van der Waals surface area contributed by atoms with Crippen LogP contribution >= 0.6 is 0 Å². The molecule has 26 heavy (non-hydrogen) atoms. The van der Waals surface area contributed by atoms with Crippen molar-refractivity contribution in [2.45, 2.75) is 0 Å². The van der Waals surface area contributed by atoms with Crippen LogP contribution in [0.15, 0.2) is 78.9 Å². The van der Waals surface area contributed by atoms with E-state index in [4.69, 9.17) is 10.5 Å². The molecule has 0 aliphatic heterocycles. The van der Waals surface area contributed by atoms with Gasteiger partial charge in [0.2, 0.25) is 0 Å². The number of carbonyl (C=O) groups is 2. The monoisotopic (exact) mass is 347 g/mol. The molecule has 0 aliphatic rings. The first-order valence-electron chi connectivity index (χ1n) is 7.91. The van der Waals surface area contributed by atoms with Crippen LogP contribution in [0.25, 0.3) is 0 Å². The Morgan fingerprint density at radius 1 is 0.731 bits per heavy atom. The second kappa shape index (κ2) is 7.85. The fourth-order valence-electron chi connectivity index (χ4n) is 2.32. The number of ether oxygens (including phenoxy) is 1. The number of primary amides is 1. The molecule has 0 bridgehead atoms. The van der Waals surface area contributed by atoms with Crippen LogP contribution in [-0.4, -0.2) is 11.9 Å². The SMILES string of the molecule is NC(=O)Nc1cccc(NC(=O)c2ccc(Oc3ccccc3)cc2)c1. The van der Waals surface area contributed by atoms with E-state index in [-0.39, 0.29) is 5.91 Å². The van der Waals surface area contributed by atoms with Crippen LogP contribution in [-0.2, 0) is 0 Å². The van der Waals surface area contributed by atoms with Crippen molar-refractivity contribution in [1.29, 1.82) is 0 Å². The first kappa shape index (κ1) is 17.0. The van der Waals surface area contributed by atoms with E-state index < -0.39 is 6.03 Å². The molecule has 3 amide bonds. The maximum atomic E-state index is 12.4. The third-order valence-corrected chi connectivity index (χ3v) is 3.48. The van der Waals surface area contributed by atoms with Gasteiger partial charge in [-0.15, -0.1) is 0 Å². The van der Waals surface area contributed by atoms with Gasteiger partial charge in [-0.05, 0) is 54.6 Å². The number of rotatable bonds is 5. The zero-order valence-electron chi connectivity index (χ0n) is 13.8. The van der Waals surface area contributed by atoms with E-state index >= 15 is 0 Å². The van der Waals surface area contributed by atoms with Crippen LogP contribution in [0.3, 0.4) is 0 Å². The molecule has 0 spiro atoms. The summed E-state index contributed by atoms with van der Waals surface area (Å²) in [5.74, 6) is 1.09. The van der Waals surface area contributed by atoms with Crippen LogP contribution in [0.5, 0.6) is 11.5 Å². The number of hydrogen-bond donors (Lipinski definition) is 3. The van der Waals surface area contributed by atoms with Gasteiger partial charge in [-0.1, -0.05) is 24.3 Å². The number of urea groups is 1. The number of amides is 3. The summed E-state index contributed by atoms with van der Waals surface area (Å²) in [7, 11) is 0. The number of benzene rings is 3. The molecule has 0 fully saturated rings. The third kappa shape index (κ3) is 4.61. The highest BCUT2D eigenvalue weighted by atomic mass is 16.5. The average molecular weight is 347 g/mol. The van der Waals surface area contributed by atoms with Gasteiger partial charge >= 0.3 is 6.03 Å². The number of carbonyl (C=O) groups excluding carboxylic acids is 2. The van der Waals surface area contributed by atoms with E-state index in [0.29, 0.717) is 22.7 Å². The molecule has 3 aromatic rings. The first-order valence-corrected chi connectivity index (χ1v) is 7.91. The second-order valence-electron chi connectivity index (χ2n) is 5.46. The molecule has 6 heteroatoms. The predicted molar refractivity (Wildman–Crippen MR) is 101 cm³/mol. The van der Waals surface area contributed by atoms with Gasteiger partial charge in [-0.3, -0.25) is 4.79 Å². The summed E-state index contributed by atoms with van der Waals surface area (Å²) in [5, 5.41) is 5.23. The molecule has 4 N–H and O–H groups in total. The Bertz CT molecular complexity index is 909. The second-order valence-corrected chi connectivity index (χ2v) is 5.46. The van der Waals surface area contributed by atoms with Crippen molar-refractivity contribution in [3.8, 4) is 11.5 Å². The average Bonchev–Trinajstić information content (AvgIpc) is 2.63. The minimum Gasteiger partial charge on any atom is -0.457 e. The summed E-state index contributed by atoms with van der Waals surface area (Å²) in [6, 6.07) is 22.3. The summed E-state index contributed by atoms with van der Waals surface area (Å²) >= 11 is 0. The van der Waals surface area contributed by atoms with Gasteiger partial charge in [-0.2, -0.15) is 0 Å². The Hall–Kier alpha value is -3.80. The fraction of sp³-hybridized carbons (Fsp3) is 0. The van der Waals surface area contributed by atoms with Crippen LogP contribution in [0.4, 0.5) is 16.2 Å². The van der Waals surface area contributed by atoms with E-state index in [1.54, 1.807) is 48.5 Å². The highest BCUT2D eigenvalue weighted by Crippen LogP contribution is 2.22. The van der Waals surface area contributed by atoms with Gasteiger partial charge in [0.05, 0.1) is 0 Å². The van der Waals surface area contributed by atoms with E-state index in [9.17, 15) is 9.59 Å². The summed E-state index contributed by atoms with van der Waals surface area (Å²) in [6.07, 6.45) is 0. The Morgan fingerprint density at radius 3 is 2.00 bits per heavy atom. The quantitative estimate of drug-likeness (QED) is 0.645. The highest BCUT2D eigenvalue weighted by molar-refractivity contribution is 6.04. The normalized spacial score (nSPS) is 10.0. The molecule has 0 aromatic heterocycles. The highest BCUT2D eigenvalue weighted by Gasteiger charge is 2.07. The summed E-state index contributed by atoms with van der Waals surface area (Å²) in [6.45, 7) is 0. The minimum atomic E-state index is -0.664. The predicted octanol–water partition coefficient (Wildman–Crippen LogP) is 4.22. The molecule has 0 aliphatic carbocycles. The third-order valence-electron chi connectivity index (χ3n) is 3.48. The van der Waals surface area contributed by atoms with Crippen molar-refractivity contribution in [2.24, 2.45) is 5.73 Å². The summed E-state index contributed by atoms with van der Waals surface area (Å²) in [5.41, 5.74) is 6.62. The van der Waals surface area contributed by atoms with E-state index in [1.807, 2.05) is 30.3 Å². The molecule has 0 unspecified atom stereocenters. The van der Waals surface area contributed by atoms with Gasteiger partial charge in [0.25, 0.3) is 5.91 Å². The lowest BCUT2D eigenvalue weighted by molar-refractivity contribution is 0.102. The summed E-state index contributed by atoms with van der Waals surface area (Å²) in [4.78, 5) is 23.3. The van der Waals surface area contributed by atoms with Crippen LogP contribution < -0.4 is 21.1 Å². The molecule has 130 valence electrons. The molecular formula is C20H17N3O3. The van der Waals surface area contributed by atoms with Crippen molar-refractivity contribution in [1.82, 2.24) is 0 Å². The van der Waals surface area contributed by atoms with Crippen molar-refractivity contribution in [3.05, 3.63) is 84.4 Å². The van der Waals surface area contributed by atoms with Crippen molar-refractivity contribution in [3.63, 3.8) is 0 Å². The van der Waals surface area contributed by atoms with E-state index in [1.165, 1.54) is 0 Å². The van der Waals surface area contributed by atoms with Gasteiger partial charge in [0.1, 0.15) is 11.5 Å². The molecule has 6 nitrogen and oxygen atoms in total. The lowest BCUT2D eigenvalue weighted by Gasteiger charge is -2.09. The van der Waals surface area contributed by atoms with Crippen molar-refractivity contribution < 1.29 is 14.3 Å². The van der Waals surface area contributed by atoms with Gasteiger partial charge < -0.3 is 21.1 Å². The molecule has 3 rings (SSSR count). The Morgan fingerprint density at radius 2 is 1.35 bits per heavy atom. The molecule has 0 radical (unpaired) electrons. The van der Waals surface area contributed by atoms with Gasteiger partial charge in [0.15, 0.2) is 0 Å². The minimum absolute atomic E-state index is 0.271. The molecule has 0 heterocycles. The molecular weight excluding hydrogens is 330 g/mol. The zero-order valence-corrected chi connectivity index (χ0v) is 13.8. The fourth-order valence-corrected chi connectivity index (χ4v) is 2.32. The van der Waals surface area contributed by atoms with Gasteiger partial charge in [0, 0.05) is 16.9 Å². The van der Waals surface area contributed by atoms with E-state index in [0.717, 1.165) is 5.75 Å². The number of nitrogens with two attached hydrogens (primary N) is 1. The van der Waals surface area contributed by atoms with Crippen LogP contribution in [0.1, 0.15) is 10.4 Å². The molecule has 0 saturated carbocycles. The number of hydrogen-bond acceptors (Lipinski definition) is 3.